The number of hydrogen-bond acceptors (Lipinski definition) is 4. The zero-order valence-corrected chi connectivity index (χ0v) is 14.5. The van der Waals surface area contributed by atoms with E-state index in [1.807, 2.05) is 19.1 Å². The number of carbonyl (C=O) groups is 2. The van der Waals surface area contributed by atoms with Crippen molar-refractivity contribution in [1.82, 2.24) is 10.6 Å². The van der Waals surface area contributed by atoms with Gasteiger partial charge in [0.1, 0.15) is 0 Å². The highest BCUT2D eigenvalue weighted by molar-refractivity contribution is 9.10. The first-order chi connectivity index (χ1) is 9.95. The Morgan fingerprint density at radius 3 is 2.77 bits per heavy atom. The predicted molar refractivity (Wildman–Crippen MR) is 90.2 cm³/mol. The van der Waals surface area contributed by atoms with Crippen molar-refractivity contribution < 1.29 is 14.7 Å². The molecule has 2 rings (SSSR count). The molecule has 4 N–H and O–H groups in total. The van der Waals surface area contributed by atoms with Crippen LogP contribution in [-0.2, 0) is 9.59 Å². The quantitative estimate of drug-likeness (QED) is 0.614. The third-order valence-electron chi connectivity index (χ3n) is 3.29. The summed E-state index contributed by atoms with van der Waals surface area (Å²) in [4.78, 5) is 23.6. The highest BCUT2D eigenvalue weighted by Gasteiger charge is 2.27. The molecule has 122 valence electrons. The maximum atomic E-state index is 11.8. The molecular weight excluding hydrogens is 374 g/mol. The van der Waals surface area contributed by atoms with Gasteiger partial charge in [-0.3, -0.25) is 9.59 Å². The minimum atomic E-state index is -0.500. The lowest BCUT2D eigenvalue weighted by Gasteiger charge is -2.11. The van der Waals surface area contributed by atoms with Gasteiger partial charge >= 0.3 is 0 Å². The van der Waals surface area contributed by atoms with Crippen molar-refractivity contribution in [2.75, 3.05) is 18.4 Å². The molecule has 0 radical (unpaired) electrons. The number of aryl methyl sites for hydroxylation is 1. The lowest BCUT2D eigenvalue weighted by Crippen LogP contribution is -2.43. The molecule has 1 saturated heterocycles. The van der Waals surface area contributed by atoms with Crippen LogP contribution in [-0.4, -0.2) is 42.2 Å². The van der Waals surface area contributed by atoms with Gasteiger partial charge in [-0.1, -0.05) is 15.9 Å². The van der Waals surface area contributed by atoms with E-state index in [0.717, 1.165) is 10.0 Å². The molecule has 0 saturated carbocycles. The van der Waals surface area contributed by atoms with Gasteiger partial charge in [0.25, 0.3) is 0 Å². The van der Waals surface area contributed by atoms with E-state index in [-0.39, 0.29) is 30.8 Å². The SMILES string of the molecule is Cc1cc(NC(=O)CNC(=O)C2CC(O)CN2)ccc1Br.Cl. The molecule has 2 unspecified atom stereocenters. The van der Waals surface area contributed by atoms with Crippen LogP contribution >= 0.6 is 28.3 Å². The average molecular weight is 393 g/mol. The number of rotatable bonds is 4. The van der Waals surface area contributed by atoms with Crippen molar-refractivity contribution in [2.45, 2.75) is 25.5 Å². The Morgan fingerprint density at radius 1 is 1.45 bits per heavy atom. The summed E-state index contributed by atoms with van der Waals surface area (Å²) in [6.07, 6.45) is -0.125. The fourth-order valence-electron chi connectivity index (χ4n) is 2.14. The molecule has 1 aliphatic heterocycles. The van der Waals surface area contributed by atoms with Crippen LogP contribution in [0.3, 0.4) is 0 Å². The molecule has 1 aromatic rings. The van der Waals surface area contributed by atoms with Gasteiger partial charge in [0.05, 0.1) is 18.7 Å². The lowest BCUT2D eigenvalue weighted by molar-refractivity contribution is -0.125. The number of hydrogen-bond donors (Lipinski definition) is 4. The minimum Gasteiger partial charge on any atom is -0.392 e. The topological polar surface area (TPSA) is 90.5 Å². The number of β-amino-alcohol motifs (C(OH)–C–C–N with tert-alkyl or cyclic N) is 1. The number of carbonyl (C=O) groups excluding carboxylic acids is 2. The molecule has 1 aromatic carbocycles. The summed E-state index contributed by atoms with van der Waals surface area (Å²) in [6, 6.07) is 5.06. The number of aliphatic hydroxyl groups is 1. The van der Waals surface area contributed by atoms with Crippen molar-refractivity contribution in [1.29, 1.82) is 0 Å². The second kappa shape index (κ2) is 8.47. The molecule has 1 heterocycles. The third-order valence-corrected chi connectivity index (χ3v) is 4.18. The van der Waals surface area contributed by atoms with Gasteiger partial charge in [-0.25, -0.2) is 0 Å². The minimum absolute atomic E-state index is 0. The van der Waals surface area contributed by atoms with Crippen LogP contribution in [0.1, 0.15) is 12.0 Å². The molecule has 0 aromatic heterocycles. The van der Waals surface area contributed by atoms with Crippen molar-refractivity contribution in [2.24, 2.45) is 0 Å². The molecule has 0 aliphatic carbocycles. The standard InChI is InChI=1S/C14H18BrN3O3.ClH/c1-8-4-9(2-3-11(8)15)18-13(20)7-17-14(21)12-5-10(19)6-16-12;/h2-4,10,12,16,19H,5-7H2,1H3,(H,17,21)(H,18,20);1H. The predicted octanol–water partition coefficient (Wildman–Crippen LogP) is 0.957. The molecule has 2 atom stereocenters. The highest BCUT2D eigenvalue weighted by atomic mass is 79.9. The number of amides is 2. The van der Waals surface area contributed by atoms with E-state index in [2.05, 4.69) is 31.9 Å². The number of anilines is 1. The summed E-state index contributed by atoms with van der Waals surface area (Å²) in [5.41, 5.74) is 1.70. The summed E-state index contributed by atoms with van der Waals surface area (Å²) >= 11 is 3.39. The Morgan fingerprint density at radius 2 is 2.18 bits per heavy atom. The summed E-state index contributed by atoms with van der Waals surface area (Å²) in [6.45, 7) is 2.24. The number of nitrogens with one attached hydrogen (secondary N) is 3. The van der Waals surface area contributed by atoms with E-state index < -0.39 is 12.1 Å². The van der Waals surface area contributed by atoms with Gasteiger partial charge in [0, 0.05) is 16.7 Å². The molecule has 8 heteroatoms. The maximum absolute atomic E-state index is 11.8. The molecule has 0 bridgehead atoms. The molecule has 0 spiro atoms. The third kappa shape index (κ3) is 5.24. The lowest BCUT2D eigenvalue weighted by atomic mass is 10.2. The van der Waals surface area contributed by atoms with Gasteiger partial charge in [-0.15, -0.1) is 12.4 Å². The molecule has 1 aliphatic rings. The zero-order chi connectivity index (χ0) is 15.4. The first-order valence-corrected chi connectivity index (χ1v) is 7.50. The zero-order valence-electron chi connectivity index (χ0n) is 12.1. The molecular formula is C14H19BrClN3O3. The normalized spacial score (nSPS) is 20.1. The van der Waals surface area contributed by atoms with E-state index in [4.69, 9.17) is 0 Å². The van der Waals surface area contributed by atoms with Crippen LogP contribution in [0.4, 0.5) is 5.69 Å². The van der Waals surface area contributed by atoms with Crippen LogP contribution in [0.2, 0.25) is 0 Å². The van der Waals surface area contributed by atoms with Gasteiger partial charge in [0.2, 0.25) is 11.8 Å². The Kier molecular flexibility index (Phi) is 7.28. The first kappa shape index (κ1) is 18.9. The Hall–Kier alpha value is -1.15. The maximum Gasteiger partial charge on any atom is 0.243 e. The average Bonchev–Trinajstić information content (AvgIpc) is 2.87. The van der Waals surface area contributed by atoms with Crippen LogP contribution < -0.4 is 16.0 Å². The van der Waals surface area contributed by atoms with E-state index >= 15 is 0 Å². The largest absolute Gasteiger partial charge is 0.392 e. The number of aliphatic hydroxyl groups excluding tert-OH is 1. The Labute approximate surface area is 143 Å². The van der Waals surface area contributed by atoms with Crippen molar-refractivity contribution >= 4 is 45.8 Å². The first-order valence-electron chi connectivity index (χ1n) is 6.71. The van der Waals surface area contributed by atoms with E-state index in [1.54, 1.807) is 6.07 Å². The van der Waals surface area contributed by atoms with Crippen LogP contribution in [0.5, 0.6) is 0 Å². The molecule has 6 nitrogen and oxygen atoms in total. The number of halogens is 2. The van der Waals surface area contributed by atoms with Crippen LogP contribution in [0, 0.1) is 6.92 Å². The van der Waals surface area contributed by atoms with Crippen molar-refractivity contribution in [3.63, 3.8) is 0 Å². The smallest absolute Gasteiger partial charge is 0.243 e. The molecule has 22 heavy (non-hydrogen) atoms. The second-order valence-corrected chi connectivity index (χ2v) is 5.93. The second-order valence-electron chi connectivity index (χ2n) is 5.08. The fourth-order valence-corrected chi connectivity index (χ4v) is 2.38. The van der Waals surface area contributed by atoms with E-state index in [1.165, 1.54) is 0 Å². The highest BCUT2D eigenvalue weighted by Crippen LogP contribution is 2.19. The fraction of sp³-hybridized carbons (Fsp3) is 0.429. The van der Waals surface area contributed by atoms with Gasteiger partial charge in [0.15, 0.2) is 0 Å². The molecule has 1 fully saturated rings. The summed E-state index contributed by atoms with van der Waals surface area (Å²) < 4.78 is 0.972. The summed E-state index contributed by atoms with van der Waals surface area (Å²) in [5, 5.41) is 17.5. The van der Waals surface area contributed by atoms with E-state index in [0.29, 0.717) is 18.7 Å². The van der Waals surface area contributed by atoms with Gasteiger partial charge < -0.3 is 21.1 Å². The Bertz CT molecular complexity index is 556. The van der Waals surface area contributed by atoms with Crippen molar-refractivity contribution in [3.05, 3.63) is 28.2 Å². The van der Waals surface area contributed by atoms with Crippen molar-refractivity contribution in [3.8, 4) is 0 Å². The van der Waals surface area contributed by atoms with Gasteiger partial charge in [-0.05, 0) is 37.1 Å². The van der Waals surface area contributed by atoms with Crippen LogP contribution in [0.25, 0.3) is 0 Å². The Balaban J connectivity index is 0.00000242. The van der Waals surface area contributed by atoms with Crippen LogP contribution in [0.15, 0.2) is 22.7 Å². The van der Waals surface area contributed by atoms with E-state index in [9.17, 15) is 14.7 Å². The summed E-state index contributed by atoms with van der Waals surface area (Å²) in [5.74, 6) is -0.558. The number of benzene rings is 1. The van der Waals surface area contributed by atoms with Gasteiger partial charge in [-0.2, -0.15) is 0 Å². The molecule has 2 amide bonds. The summed E-state index contributed by atoms with van der Waals surface area (Å²) in [7, 11) is 0. The monoisotopic (exact) mass is 391 g/mol.